The number of rotatable bonds is 6. The summed E-state index contributed by atoms with van der Waals surface area (Å²) in [4.78, 5) is 12.1. The molecule has 3 rings (SSSR count). The number of ether oxygens (including phenoxy) is 1. The highest BCUT2D eigenvalue weighted by Crippen LogP contribution is 2.24. The van der Waals surface area contributed by atoms with Gasteiger partial charge in [-0.25, -0.2) is 0 Å². The maximum atomic E-state index is 12.1. The van der Waals surface area contributed by atoms with Gasteiger partial charge in [-0.1, -0.05) is 17.7 Å². The molecule has 9 heteroatoms. The van der Waals surface area contributed by atoms with E-state index in [0.29, 0.717) is 22.1 Å². The van der Waals surface area contributed by atoms with Gasteiger partial charge in [0.2, 0.25) is 11.6 Å². The van der Waals surface area contributed by atoms with Crippen molar-refractivity contribution in [1.29, 1.82) is 0 Å². The Bertz CT molecular complexity index is 915. The van der Waals surface area contributed by atoms with Crippen molar-refractivity contribution in [3.8, 4) is 17.4 Å². The Labute approximate surface area is 158 Å². The molecule has 1 heterocycles. The van der Waals surface area contributed by atoms with Gasteiger partial charge in [-0.3, -0.25) is 4.79 Å². The fourth-order valence-electron chi connectivity index (χ4n) is 2.15. The summed E-state index contributed by atoms with van der Waals surface area (Å²) in [5.74, 6) is -0.199. The van der Waals surface area contributed by atoms with Crippen LogP contribution in [0.15, 0.2) is 58.1 Å². The van der Waals surface area contributed by atoms with Crippen molar-refractivity contribution in [2.45, 2.75) is 5.03 Å². The number of hydrogen-bond donors (Lipinski definition) is 1. The van der Waals surface area contributed by atoms with Crippen molar-refractivity contribution < 1.29 is 23.8 Å². The Kier molecular flexibility index (Phi) is 5.65. The summed E-state index contributed by atoms with van der Waals surface area (Å²) >= 11 is 6.92. The molecule has 3 aromatic rings. The zero-order valence-corrected chi connectivity index (χ0v) is 15.2. The van der Waals surface area contributed by atoms with Crippen molar-refractivity contribution in [3.05, 3.63) is 53.6 Å². The van der Waals surface area contributed by atoms with Gasteiger partial charge < -0.3 is 19.7 Å². The number of aromatic nitrogens is 2. The third-order valence-corrected chi connectivity index (χ3v) is 4.59. The second kappa shape index (κ2) is 8.11. The summed E-state index contributed by atoms with van der Waals surface area (Å²) in [6.45, 7) is 0. The van der Waals surface area contributed by atoms with E-state index in [9.17, 15) is 9.90 Å². The Morgan fingerprint density at radius 3 is 2.81 bits per heavy atom. The van der Waals surface area contributed by atoms with Crippen molar-refractivity contribution >= 4 is 35.0 Å². The molecule has 0 saturated heterocycles. The lowest BCUT2D eigenvalue weighted by Gasteiger charge is -2.04. The van der Waals surface area contributed by atoms with Crippen LogP contribution in [0.3, 0.4) is 0 Å². The standard InChI is InChI=1S/C17H14ClN3O4S/c1-24-14-7-5-13(6-8-14)21-16(17(23)25-20-21)26-10-15(22)19-12-4-2-3-11(18)9-12/h2-9H,10H2,1H3,(H-,19,20,22,23). The van der Waals surface area contributed by atoms with E-state index < -0.39 is 5.95 Å². The van der Waals surface area contributed by atoms with Gasteiger partial charge in [-0.15, -0.1) is 0 Å². The van der Waals surface area contributed by atoms with Crippen LogP contribution in [-0.2, 0) is 4.79 Å². The molecule has 0 saturated carbocycles. The van der Waals surface area contributed by atoms with Crippen LogP contribution in [0.25, 0.3) is 5.69 Å². The number of amides is 1. The van der Waals surface area contributed by atoms with E-state index in [-0.39, 0.29) is 16.7 Å². The minimum atomic E-state index is -0.610. The number of carbonyl (C=O) groups is 1. The first kappa shape index (κ1) is 18.1. The van der Waals surface area contributed by atoms with E-state index in [1.165, 1.54) is 4.68 Å². The molecule has 0 unspecified atom stereocenters. The molecule has 0 aliphatic carbocycles. The number of thioether (sulfide) groups is 1. The smallest absolute Gasteiger partial charge is 0.298 e. The molecule has 7 nitrogen and oxygen atoms in total. The fraction of sp³-hybridized carbons (Fsp3) is 0.118. The van der Waals surface area contributed by atoms with Gasteiger partial charge in [0.05, 0.1) is 18.1 Å². The summed E-state index contributed by atoms with van der Waals surface area (Å²) in [6.07, 6.45) is 0. The highest BCUT2D eigenvalue weighted by molar-refractivity contribution is 7.99. The molecule has 134 valence electrons. The Hall–Kier alpha value is -2.71. The molecule has 1 N–H and O–H groups in total. The van der Waals surface area contributed by atoms with Gasteiger partial charge in [0.15, 0.2) is 5.95 Å². The molecule has 1 amide bonds. The highest BCUT2D eigenvalue weighted by atomic mass is 35.5. The molecule has 0 spiro atoms. The molecule has 0 atom stereocenters. The van der Waals surface area contributed by atoms with Crippen LogP contribution in [0.1, 0.15) is 0 Å². The number of benzene rings is 2. The number of halogens is 1. The molecule has 1 aromatic heterocycles. The Morgan fingerprint density at radius 1 is 1.35 bits per heavy atom. The van der Waals surface area contributed by atoms with E-state index in [0.717, 1.165) is 11.8 Å². The molecule has 26 heavy (non-hydrogen) atoms. The third kappa shape index (κ3) is 4.27. The van der Waals surface area contributed by atoms with Crippen molar-refractivity contribution in [2.75, 3.05) is 18.2 Å². The highest BCUT2D eigenvalue weighted by Gasteiger charge is 2.22. The van der Waals surface area contributed by atoms with Crippen LogP contribution < -0.4 is 19.8 Å². The predicted molar refractivity (Wildman–Crippen MR) is 94.8 cm³/mol. The number of nitrogens with one attached hydrogen (secondary N) is 1. The Morgan fingerprint density at radius 2 is 2.12 bits per heavy atom. The number of anilines is 1. The van der Waals surface area contributed by atoms with Crippen LogP contribution in [0.2, 0.25) is 5.02 Å². The molecular weight excluding hydrogens is 378 g/mol. The third-order valence-electron chi connectivity index (χ3n) is 3.34. The summed E-state index contributed by atoms with van der Waals surface area (Å²) in [7, 11) is 1.56. The maximum Gasteiger partial charge on any atom is 0.298 e. The van der Waals surface area contributed by atoms with Gasteiger partial charge in [-0.2, -0.15) is 0 Å². The molecule has 0 aliphatic heterocycles. The second-order valence-corrected chi connectivity index (χ2v) is 6.52. The van der Waals surface area contributed by atoms with Crippen LogP contribution >= 0.6 is 23.4 Å². The molecular formula is C17H14ClN3O4S. The number of methoxy groups -OCH3 is 1. The first-order valence-corrected chi connectivity index (χ1v) is 8.85. The van der Waals surface area contributed by atoms with Gasteiger partial charge in [0.1, 0.15) is 5.75 Å². The van der Waals surface area contributed by atoms with Crippen LogP contribution in [0.5, 0.6) is 11.7 Å². The topological polar surface area (TPSA) is 91.3 Å². The number of carbonyl (C=O) groups excluding carboxylic acids is 1. The van der Waals surface area contributed by atoms with Crippen molar-refractivity contribution in [1.82, 2.24) is 5.27 Å². The minimum Gasteiger partial charge on any atom is -0.538 e. The maximum absolute atomic E-state index is 12.1. The lowest BCUT2D eigenvalue weighted by molar-refractivity contribution is -0.705. The van der Waals surface area contributed by atoms with Crippen molar-refractivity contribution in [2.24, 2.45) is 0 Å². The van der Waals surface area contributed by atoms with Crippen molar-refractivity contribution in [3.63, 3.8) is 0 Å². The van der Waals surface area contributed by atoms with E-state index in [1.54, 1.807) is 55.6 Å². The Balaban J connectivity index is 1.69. The van der Waals surface area contributed by atoms with Crippen LogP contribution in [0.4, 0.5) is 5.69 Å². The number of hydrogen-bond acceptors (Lipinski definition) is 6. The second-order valence-electron chi connectivity index (χ2n) is 5.12. The summed E-state index contributed by atoms with van der Waals surface area (Å²) < 4.78 is 11.2. The van der Waals surface area contributed by atoms with Gasteiger partial charge in [-0.05, 0) is 46.8 Å². The molecule has 0 aliphatic rings. The molecule has 2 aromatic carbocycles. The minimum absolute atomic E-state index is 0.0130. The summed E-state index contributed by atoms with van der Waals surface area (Å²) in [5.41, 5.74) is 1.20. The average Bonchev–Trinajstić information content (AvgIpc) is 3.00. The first-order valence-electron chi connectivity index (χ1n) is 7.48. The summed E-state index contributed by atoms with van der Waals surface area (Å²) in [6, 6.07) is 13.8. The van der Waals surface area contributed by atoms with E-state index >= 15 is 0 Å². The SMILES string of the molecule is COc1ccc(-[n+]2noc([O-])c2SCC(=O)Nc2cccc(Cl)c2)cc1. The van der Waals surface area contributed by atoms with Crippen LogP contribution in [-0.4, -0.2) is 24.0 Å². The predicted octanol–water partition coefficient (Wildman–Crippen LogP) is 2.42. The van der Waals surface area contributed by atoms with Crippen LogP contribution in [0, 0.1) is 0 Å². The fourth-order valence-corrected chi connectivity index (χ4v) is 3.09. The van der Waals surface area contributed by atoms with Gasteiger partial charge >= 0.3 is 0 Å². The van der Waals surface area contributed by atoms with E-state index in [2.05, 4.69) is 10.6 Å². The molecule has 0 radical (unpaired) electrons. The van der Waals surface area contributed by atoms with E-state index in [1.807, 2.05) is 0 Å². The lowest BCUT2D eigenvalue weighted by atomic mass is 10.3. The average molecular weight is 392 g/mol. The molecule has 0 bridgehead atoms. The normalized spacial score (nSPS) is 10.5. The first-order chi connectivity index (χ1) is 12.6. The quantitative estimate of drug-likeness (QED) is 0.512. The lowest BCUT2D eigenvalue weighted by Crippen LogP contribution is -2.35. The summed E-state index contributed by atoms with van der Waals surface area (Å²) in [5, 5.41) is 19.1. The monoisotopic (exact) mass is 391 g/mol. The van der Waals surface area contributed by atoms with Gasteiger partial charge in [0.25, 0.3) is 5.03 Å². The van der Waals surface area contributed by atoms with Gasteiger partial charge in [0, 0.05) is 22.8 Å². The van der Waals surface area contributed by atoms with E-state index in [4.69, 9.17) is 20.9 Å². The largest absolute Gasteiger partial charge is 0.538 e. The zero-order valence-electron chi connectivity index (χ0n) is 13.6. The molecule has 0 fully saturated rings. The zero-order chi connectivity index (χ0) is 18.5. The number of nitrogens with zero attached hydrogens (tertiary/aromatic N) is 2.